The average molecular weight is 512 g/mol. The first-order valence-electron chi connectivity index (χ1n) is 13.2. The van der Waals surface area contributed by atoms with Crippen molar-refractivity contribution in [3.63, 3.8) is 0 Å². The van der Waals surface area contributed by atoms with Gasteiger partial charge in [-0.2, -0.15) is 0 Å². The second-order valence-corrected chi connectivity index (χ2v) is 10.5. The Bertz CT molecular complexity index is 1230. The zero-order valence-corrected chi connectivity index (χ0v) is 21.4. The third kappa shape index (κ3) is 7.02. The Morgan fingerprint density at radius 2 is 2.08 bits per heavy atom. The molecule has 0 spiro atoms. The van der Waals surface area contributed by atoms with E-state index in [-0.39, 0.29) is 41.9 Å². The third-order valence-corrected chi connectivity index (χ3v) is 7.68. The number of carboxylic acids is 1. The van der Waals surface area contributed by atoms with Gasteiger partial charge in [-0.3, -0.25) is 4.79 Å². The number of anilines is 1. The minimum absolute atomic E-state index is 0. The number of carbonyl (C=O) groups is 1. The average Bonchev–Trinajstić information content (AvgIpc) is 3.47. The van der Waals surface area contributed by atoms with Crippen molar-refractivity contribution in [1.82, 2.24) is 19.9 Å². The summed E-state index contributed by atoms with van der Waals surface area (Å²) in [6.45, 7) is 7.80. The van der Waals surface area contributed by atoms with E-state index in [1.54, 1.807) is 0 Å². The molecule has 2 aromatic heterocycles. The van der Waals surface area contributed by atoms with E-state index in [0.29, 0.717) is 5.92 Å². The summed E-state index contributed by atoms with van der Waals surface area (Å²) in [6.07, 6.45) is 5.72. The quantitative estimate of drug-likeness (QED) is 0.371. The summed E-state index contributed by atoms with van der Waals surface area (Å²) in [5.74, 6) is 1.80. The molecule has 5 rings (SSSR count). The number of rotatable bonds is 9. The molecule has 0 unspecified atom stereocenters. The van der Waals surface area contributed by atoms with Crippen molar-refractivity contribution in [2.45, 2.75) is 58.3 Å². The number of hydrogen-bond acceptors (Lipinski definition) is 5. The van der Waals surface area contributed by atoms with Crippen LogP contribution >= 0.6 is 0 Å². The van der Waals surface area contributed by atoms with Crippen LogP contribution in [0.4, 0.5) is 5.82 Å². The summed E-state index contributed by atoms with van der Waals surface area (Å²) in [6, 6.07) is 12.7. The molecule has 1 aromatic carbocycles. The van der Waals surface area contributed by atoms with Crippen LogP contribution < -0.4 is 5.32 Å². The molecule has 0 radical (unpaired) electrons. The molecule has 1 saturated heterocycles. The number of pyridine rings is 1. The van der Waals surface area contributed by atoms with Crippen molar-refractivity contribution in [1.29, 1.82) is 0 Å². The Balaban J connectivity index is 0.00000320. The van der Waals surface area contributed by atoms with Crippen LogP contribution in [0.2, 0.25) is 0 Å². The molecule has 2 atom stereocenters. The van der Waals surface area contributed by atoms with Crippen LogP contribution in [0.1, 0.15) is 59.9 Å². The number of likely N-dealkylation sites (tertiary alicyclic amines) is 1. The zero-order valence-electron chi connectivity index (χ0n) is 21.4. The molecule has 2 aliphatic rings. The van der Waals surface area contributed by atoms with Crippen LogP contribution in [0, 0.1) is 19.8 Å². The van der Waals surface area contributed by atoms with Crippen molar-refractivity contribution in [3.8, 4) is 11.3 Å². The summed E-state index contributed by atoms with van der Waals surface area (Å²) in [4.78, 5) is 26.9. The second kappa shape index (κ2) is 12.6. The topological polar surface area (TPSA) is 94.1 Å². The van der Waals surface area contributed by atoms with Gasteiger partial charge in [0, 0.05) is 36.8 Å². The molecule has 8 heteroatoms. The SMILES string of the molecule is Cc1nc(C)c(-c2cccc([C@H](CC(=O)O)CN3CC[C@@H](CCc4ccc5c(n4)NCCC5)C3)c2)[nH]1.[NaH]. The summed E-state index contributed by atoms with van der Waals surface area (Å²) >= 11 is 0. The standard InChI is InChI=1S/C29H37N5O2.Na.H/c1-19-28(32-20(2)31-19)24-6-3-5-23(15-24)25(16-27(35)36)18-34-14-12-21(17-34)8-10-26-11-9-22-7-4-13-30-29(22)33-26;;/h3,5-6,9,11,15,21,25H,4,7-8,10,12-14,16-18H2,1-2H3,(H,30,33)(H,31,32)(H,35,36);;/t21-,25-;;/m1../s1. The maximum atomic E-state index is 11.7. The van der Waals surface area contributed by atoms with Gasteiger partial charge in [0.15, 0.2) is 0 Å². The number of aromatic nitrogens is 3. The van der Waals surface area contributed by atoms with Crippen LogP contribution in [-0.4, -0.2) is 86.7 Å². The number of benzene rings is 1. The van der Waals surface area contributed by atoms with Gasteiger partial charge in [-0.25, -0.2) is 9.97 Å². The van der Waals surface area contributed by atoms with Gasteiger partial charge in [-0.1, -0.05) is 24.3 Å². The summed E-state index contributed by atoms with van der Waals surface area (Å²) < 4.78 is 0. The number of carboxylic acid groups (broad SMARTS) is 1. The fourth-order valence-electron chi connectivity index (χ4n) is 5.82. The molecule has 0 bridgehead atoms. The second-order valence-electron chi connectivity index (χ2n) is 10.5. The van der Waals surface area contributed by atoms with Crippen LogP contribution in [0.3, 0.4) is 0 Å². The fourth-order valence-corrected chi connectivity index (χ4v) is 5.82. The summed E-state index contributed by atoms with van der Waals surface area (Å²) in [7, 11) is 0. The number of hydrogen-bond donors (Lipinski definition) is 3. The van der Waals surface area contributed by atoms with Gasteiger partial charge in [0.05, 0.1) is 17.8 Å². The molecular formula is C29H38N5NaO2. The number of fused-ring (bicyclic) bond motifs is 1. The predicted octanol–water partition coefficient (Wildman–Crippen LogP) is 4.31. The van der Waals surface area contributed by atoms with Crippen LogP contribution in [0.15, 0.2) is 36.4 Å². The number of nitrogens with zero attached hydrogens (tertiary/aromatic N) is 3. The van der Waals surface area contributed by atoms with Crippen molar-refractivity contribution in [2.75, 3.05) is 31.5 Å². The number of aliphatic carboxylic acids is 1. The van der Waals surface area contributed by atoms with Crippen LogP contribution in [0.25, 0.3) is 11.3 Å². The van der Waals surface area contributed by atoms with Gasteiger partial charge >= 0.3 is 35.5 Å². The van der Waals surface area contributed by atoms with Crippen LogP contribution in [-0.2, 0) is 17.6 Å². The molecule has 37 heavy (non-hydrogen) atoms. The molecule has 7 nitrogen and oxygen atoms in total. The van der Waals surface area contributed by atoms with Gasteiger partial charge in [0.1, 0.15) is 11.6 Å². The molecule has 0 aliphatic carbocycles. The predicted molar refractivity (Wildman–Crippen MR) is 150 cm³/mol. The minimum atomic E-state index is -0.748. The van der Waals surface area contributed by atoms with Crippen molar-refractivity contribution in [3.05, 3.63) is 64.7 Å². The number of nitrogens with one attached hydrogen (secondary N) is 2. The molecule has 0 amide bonds. The number of H-pyrrole nitrogens is 1. The number of aromatic amines is 1. The van der Waals surface area contributed by atoms with Gasteiger partial charge in [0.2, 0.25) is 0 Å². The molecule has 1 fully saturated rings. The maximum absolute atomic E-state index is 11.7. The summed E-state index contributed by atoms with van der Waals surface area (Å²) in [5.41, 5.74) is 6.62. The van der Waals surface area contributed by atoms with Crippen molar-refractivity contribution < 1.29 is 9.90 Å². The van der Waals surface area contributed by atoms with Gasteiger partial charge in [0.25, 0.3) is 0 Å². The van der Waals surface area contributed by atoms with E-state index >= 15 is 0 Å². The zero-order chi connectivity index (χ0) is 25.1. The van der Waals surface area contributed by atoms with E-state index in [2.05, 4.69) is 50.5 Å². The molecule has 3 N–H and O–H groups in total. The Morgan fingerprint density at radius 1 is 1.22 bits per heavy atom. The van der Waals surface area contributed by atoms with E-state index in [1.807, 2.05) is 19.9 Å². The van der Waals surface area contributed by atoms with E-state index in [0.717, 1.165) is 86.0 Å². The van der Waals surface area contributed by atoms with E-state index in [4.69, 9.17) is 4.98 Å². The number of aryl methyl sites for hydroxylation is 4. The third-order valence-electron chi connectivity index (χ3n) is 7.68. The Labute approximate surface area is 241 Å². The molecule has 3 aromatic rings. The Morgan fingerprint density at radius 3 is 2.86 bits per heavy atom. The molecule has 0 saturated carbocycles. The van der Waals surface area contributed by atoms with Gasteiger partial charge in [-0.15, -0.1) is 0 Å². The normalized spacial score (nSPS) is 18.1. The van der Waals surface area contributed by atoms with E-state index in [9.17, 15) is 9.90 Å². The first-order chi connectivity index (χ1) is 17.4. The van der Waals surface area contributed by atoms with Crippen molar-refractivity contribution in [2.24, 2.45) is 5.92 Å². The van der Waals surface area contributed by atoms with E-state index in [1.165, 1.54) is 17.7 Å². The molecule has 4 heterocycles. The Hall–Kier alpha value is -2.19. The molecular weight excluding hydrogens is 473 g/mol. The molecule has 192 valence electrons. The van der Waals surface area contributed by atoms with Gasteiger partial charge < -0.3 is 20.3 Å². The fraction of sp³-hybridized carbons (Fsp3) is 0.483. The number of imidazole rings is 1. The van der Waals surface area contributed by atoms with Crippen LogP contribution in [0.5, 0.6) is 0 Å². The molecule has 2 aliphatic heterocycles. The van der Waals surface area contributed by atoms with E-state index < -0.39 is 5.97 Å². The van der Waals surface area contributed by atoms with Crippen molar-refractivity contribution >= 4 is 41.3 Å². The summed E-state index contributed by atoms with van der Waals surface area (Å²) in [5, 5.41) is 13.1. The van der Waals surface area contributed by atoms with Gasteiger partial charge in [-0.05, 0) is 81.7 Å². The monoisotopic (exact) mass is 511 g/mol. The first kappa shape index (κ1) is 27.8. The first-order valence-corrected chi connectivity index (χ1v) is 13.2. The Kier molecular flexibility index (Phi) is 9.46.